The summed E-state index contributed by atoms with van der Waals surface area (Å²) >= 11 is 0. The van der Waals surface area contributed by atoms with Gasteiger partial charge in [0.25, 0.3) is 0 Å². The molecule has 88 valence electrons. The van der Waals surface area contributed by atoms with Crippen molar-refractivity contribution in [1.29, 1.82) is 0 Å². The van der Waals surface area contributed by atoms with Crippen LogP contribution in [0.25, 0.3) is 0 Å². The van der Waals surface area contributed by atoms with Gasteiger partial charge in [0, 0.05) is 6.54 Å². The summed E-state index contributed by atoms with van der Waals surface area (Å²) in [7, 11) is 0. The molecule has 0 aliphatic rings. The Hall–Kier alpha value is -1.94. The number of hydrogen-bond acceptors (Lipinski definition) is 4. The fraction of sp³-hybridized carbons (Fsp3) is 0.231. The predicted molar refractivity (Wildman–Crippen MR) is 65.9 cm³/mol. The number of hydrogen-bond donors (Lipinski definition) is 1. The minimum atomic E-state index is 0.508. The Morgan fingerprint density at radius 2 is 1.82 bits per heavy atom. The second-order valence-electron chi connectivity index (χ2n) is 3.83. The predicted octanol–water partition coefficient (Wildman–Crippen LogP) is 2.34. The third-order valence-electron chi connectivity index (χ3n) is 2.55. The lowest BCUT2D eigenvalue weighted by molar-refractivity contribution is 0.458. The lowest BCUT2D eigenvalue weighted by Gasteiger charge is -2.06. The lowest BCUT2D eigenvalue weighted by Crippen LogP contribution is -1.97. The first kappa shape index (κ1) is 11.5. The Balaban J connectivity index is 2.16. The Labute approximate surface area is 100 Å². The smallest absolute Gasteiger partial charge is 0.238 e. The first-order valence-electron chi connectivity index (χ1n) is 5.46. The van der Waals surface area contributed by atoms with E-state index in [4.69, 9.17) is 10.5 Å². The molecule has 0 aliphatic carbocycles. The zero-order chi connectivity index (χ0) is 12.3. The summed E-state index contributed by atoms with van der Waals surface area (Å²) in [6, 6.07) is 7.62. The molecule has 2 aromatic rings. The molecule has 2 N–H and O–H groups in total. The van der Waals surface area contributed by atoms with Crippen LogP contribution in [0, 0.1) is 13.8 Å². The van der Waals surface area contributed by atoms with E-state index < -0.39 is 0 Å². The number of aromatic nitrogens is 2. The molecule has 4 heteroatoms. The van der Waals surface area contributed by atoms with Crippen molar-refractivity contribution in [2.75, 3.05) is 0 Å². The highest BCUT2D eigenvalue weighted by molar-refractivity contribution is 5.30. The summed E-state index contributed by atoms with van der Waals surface area (Å²) in [4.78, 5) is 8.50. The van der Waals surface area contributed by atoms with E-state index in [1.54, 1.807) is 6.20 Å². The maximum Gasteiger partial charge on any atom is 0.238 e. The summed E-state index contributed by atoms with van der Waals surface area (Å²) in [6.07, 6.45) is 1.62. The molecule has 0 aliphatic heterocycles. The molecule has 0 atom stereocenters. The van der Waals surface area contributed by atoms with Crippen molar-refractivity contribution in [1.82, 2.24) is 9.97 Å². The Morgan fingerprint density at radius 3 is 2.41 bits per heavy atom. The summed E-state index contributed by atoms with van der Waals surface area (Å²) in [5.74, 6) is 1.24. The largest absolute Gasteiger partial charge is 0.437 e. The zero-order valence-corrected chi connectivity index (χ0v) is 9.97. The summed E-state index contributed by atoms with van der Waals surface area (Å²) in [5, 5.41) is 0. The molecular weight excluding hydrogens is 214 g/mol. The van der Waals surface area contributed by atoms with Gasteiger partial charge in [0.05, 0.1) is 17.6 Å². The van der Waals surface area contributed by atoms with Crippen LogP contribution in [0.5, 0.6) is 11.6 Å². The van der Waals surface area contributed by atoms with Crippen LogP contribution in [0.4, 0.5) is 0 Å². The van der Waals surface area contributed by atoms with Gasteiger partial charge in [-0.2, -0.15) is 0 Å². The van der Waals surface area contributed by atoms with Gasteiger partial charge in [0.2, 0.25) is 5.88 Å². The van der Waals surface area contributed by atoms with Gasteiger partial charge in [-0.25, -0.2) is 4.98 Å². The highest BCUT2D eigenvalue weighted by Gasteiger charge is 2.02. The number of nitrogens with zero attached hydrogens (tertiary/aromatic N) is 2. The van der Waals surface area contributed by atoms with Gasteiger partial charge in [-0.15, -0.1) is 0 Å². The zero-order valence-electron chi connectivity index (χ0n) is 9.97. The van der Waals surface area contributed by atoms with E-state index in [9.17, 15) is 0 Å². The van der Waals surface area contributed by atoms with Crippen molar-refractivity contribution >= 4 is 0 Å². The third-order valence-corrected chi connectivity index (χ3v) is 2.55. The van der Waals surface area contributed by atoms with Crippen LogP contribution >= 0.6 is 0 Å². The molecule has 1 aromatic heterocycles. The minimum absolute atomic E-state index is 0.508. The first-order valence-corrected chi connectivity index (χ1v) is 5.46. The molecule has 0 spiro atoms. The average Bonchev–Trinajstić information content (AvgIpc) is 2.35. The summed E-state index contributed by atoms with van der Waals surface area (Å²) in [5.41, 5.74) is 8.39. The molecule has 0 fully saturated rings. The third kappa shape index (κ3) is 2.79. The number of rotatable bonds is 3. The molecule has 1 heterocycles. The van der Waals surface area contributed by atoms with E-state index in [-0.39, 0.29) is 0 Å². The van der Waals surface area contributed by atoms with Gasteiger partial charge in [0.1, 0.15) is 5.75 Å². The van der Waals surface area contributed by atoms with Gasteiger partial charge in [-0.05, 0) is 31.5 Å². The molecule has 0 radical (unpaired) electrons. The van der Waals surface area contributed by atoms with Crippen molar-refractivity contribution < 1.29 is 4.74 Å². The van der Waals surface area contributed by atoms with E-state index in [1.807, 2.05) is 38.1 Å². The number of ether oxygens (including phenoxy) is 1. The van der Waals surface area contributed by atoms with Gasteiger partial charge in [-0.3, -0.25) is 4.98 Å². The molecule has 0 amide bonds. The second-order valence-corrected chi connectivity index (χ2v) is 3.83. The van der Waals surface area contributed by atoms with Gasteiger partial charge in [-0.1, -0.05) is 12.1 Å². The van der Waals surface area contributed by atoms with Crippen molar-refractivity contribution in [3.05, 3.63) is 47.4 Å². The van der Waals surface area contributed by atoms with Crippen LogP contribution in [0.15, 0.2) is 30.5 Å². The molecule has 0 saturated heterocycles. The summed E-state index contributed by atoms with van der Waals surface area (Å²) in [6.45, 7) is 4.36. The number of benzene rings is 1. The lowest BCUT2D eigenvalue weighted by atomic mass is 10.2. The molecule has 0 bridgehead atoms. The molecule has 0 unspecified atom stereocenters. The van der Waals surface area contributed by atoms with Gasteiger partial charge in [0.15, 0.2) is 0 Å². The van der Waals surface area contributed by atoms with Gasteiger partial charge >= 0.3 is 0 Å². The Kier molecular flexibility index (Phi) is 3.35. The first-order chi connectivity index (χ1) is 8.19. The SMILES string of the molecule is Cc1ncc(Oc2ccc(CN)cc2)nc1C. The number of aryl methyl sites for hydroxylation is 2. The van der Waals surface area contributed by atoms with Crippen LogP contribution in [-0.2, 0) is 6.54 Å². The second kappa shape index (κ2) is 4.93. The fourth-order valence-corrected chi connectivity index (χ4v) is 1.38. The molecular formula is C13H15N3O. The fourth-order valence-electron chi connectivity index (χ4n) is 1.38. The molecule has 0 saturated carbocycles. The van der Waals surface area contributed by atoms with Crippen LogP contribution in [-0.4, -0.2) is 9.97 Å². The number of nitrogens with two attached hydrogens (primary N) is 1. The topological polar surface area (TPSA) is 61.0 Å². The van der Waals surface area contributed by atoms with E-state index in [2.05, 4.69) is 9.97 Å². The van der Waals surface area contributed by atoms with Crippen LogP contribution in [0.2, 0.25) is 0 Å². The van der Waals surface area contributed by atoms with Crippen molar-refractivity contribution in [2.24, 2.45) is 5.73 Å². The Morgan fingerprint density at radius 1 is 1.12 bits per heavy atom. The van der Waals surface area contributed by atoms with E-state index in [1.165, 1.54) is 0 Å². The Bertz CT molecular complexity index is 509. The molecule has 2 rings (SSSR count). The van der Waals surface area contributed by atoms with Crippen molar-refractivity contribution in [2.45, 2.75) is 20.4 Å². The van der Waals surface area contributed by atoms with E-state index >= 15 is 0 Å². The van der Waals surface area contributed by atoms with Crippen molar-refractivity contribution in [3.63, 3.8) is 0 Å². The summed E-state index contributed by atoms with van der Waals surface area (Å²) < 4.78 is 5.60. The maximum atomic E-state index is 5.60. The average molecular weight is 229 g/mol. The molecule has 17 heavy (non-hydrogen) atoms. The standard InChI is InChI=1S/C13H15N3O/c1-9-10(2)16-13(8-15-9)17-12-5-3-11(7-14)4-6-12/h3-6,8H,7,14H2,1-2H3. The highest BCUT2D eigenvalue weighted by atomic mass is 16.5. The van der Waals surface area contributed by atoms with Crippen molar-refractivity contribution in [3.8, 4) is 11.6 Å². The highest BCUT2D eigenvalue weighted by Crippen LogP contribution is 2.19. The minimum Gasteiger partial charge on any atom is -0.437 e. The van der Waals surface area contributed by atoms with E-state index in [0.717, 1.165) is 22.7 Å². The molecule has 4 nitrogen and oxygen atoms in total. The quantitative estimate of drug-likeness (QED) is 0.877. The normalized spacial score (nSPS) is 10.3. The van der Waals surface area contributed by atoms with Gasteiger partial charge < -0.3 is 10.5 Å². The molecule has 1 aromatic carbocycles. The monoisotopic (exact) mass is 229 g/mol. The van der Waals surface area contributed by atoms with Crippen LogP contribution in [0.3, 0.4) is 0 Å². The van der Waals surface area contributed by atoms with Crippen LogP contribution in [0.1, 0.15) is 17.0 Å². The van der Waals surface area contributed by atoms with E-state index in [0.29, 0.717) is 12.4 Å². The maximum absolute atomic E-state index is 5.60. The van der Waals surface area contributed by atoms with Crippen LogP contribution < -0.4 is 10.5 Å².